The highest BCUT2D eigenvalue weighted by Crippen LogP contribution is 2.12. The third-order valence-electron chi connectivity index (χ3n) is 2.25. The Bertz CT molecular complexity index is 434. The lowest BCUT2D eigenvalue weighted by Gasteiger charge is -2.11. The molecular weight excluding hydrogens is 238 g/mol. The van der Waals surface area contributed by atoms with Crippen LogP contribution < -0.4 is 5.32 Å². The first-order valence-corrected chi connectivity index (χ1v) is 6.93. The summed E-state index contributed by atoms with van der Waals surface area (Å²) < 4.78 is 0. The summed E-state index contributed by atoms with van der Waals surface area (Å²) in [6.07, 6.45) is 0.896. The third kappa shape index (κ3) is 2.93. The van der Waals surface area contributed by atoms with E-state index >= 15 is 0 Å². The Morgan fingerprint density at radius 1 is 1.44 bits per heavy atom. The minimum Gasteiger partial charge on any atom is -0.349 e. The Morgan fingerprint density at radius 2 is 2.31 bits per heavy atom. The summed E-state index contributed by atoms with van der Waals surface area (Å²) in [6, 6.07) is 6.15. The van der Waals surface area contributed by atoms with Gasteiger partial charge in [-0.25, -0.2) is 0 Å². The van der Waals surface area contributed by atoms with Crippen molar-refractivity contribution < 1.29 is 4.79 Å². The lowest BCUT2D eigenvalue weighted by Crippen LogP contribution is -2.33. The van der Waals surface area contributed by atoms with Crippen molar-refractivity contribution in [2.24, 2.45) is 0 Å². The second-order valence-electron chi connectivity index (χ2n) is 3.67. The molecule has 0 unspecified atom stereocenters. The summed E-state index contributed by atoms with van der Waals surface area (Å²) >= 11 is 3.27. The van der Waals surface area contributed by atoms with Crippen molar-refractivity contribution in [2.45, 2.75) is 19.4 Å². The fraction of sp³-hybridized carbons (Fsp3) is 0.250. The van der Waals surface area contributed by atoms with E-state index in [0.29, 0.717) is 0 Å². The van der Waals surface area contributed by atoms with Gasteiger partial charge in [-0.2, -0.15) is 11.3 Å². The number of hydrogen-bond donors (Lipinski definition) is 1. The van der Waals surface area contributed by atoms with Crippen LogP contribution in [0, 0.1) is 0 Å². The largest absolute Gasteiger partial charge is 0.349 e. The Kier molecular flexibility index (Phi) is 3.74. The molecule has 1 N–H and O–H groups in total. The summed E-state index contributed by atoms with van der Waals surface area (Å²) in [5.74, 6) is 0.0188. The Hall–Kier alpha value is -1.13. The molecule has 0 saturated heterocycles. The van der Waals surface area contributed by atoms with Gasteiger partial charge in [-0.3, -0.25) is 4.79 Å². The molecule has 2 rings (SSSR count). The van der Waals surface area contributed by atoms with E-state index in [1.807, 2.05) is 29.8 Å². The number of rotatable bonds is 4. The van der Waals surface area contributed by atoms with Gasteiger partial charge < -0.3 is 5.32 Å². The highest BCUT2D eigenvalue weighted by molar-refractivity contribution is 7.09. The molecule has 2 aromatic rings. The molecule has 2 heterocycles. The lowest BCUT2D eigenvalue weighted by atomic mass is 10.2. The Labute approximate surface area is 103 Å². The number of carbonyl (C=O) groups excluding carboxylic acids is 1. The molecule has 0 aromatic carbocycles. The second kappa shape index (κ2) is 5.27. The van der Waals surface area contributed by atoms with Crippen molar-refractivity contribution in [3.63, 3.8) is 0 Å². The quantitative estimate of drug-likeness (QED) is 0.888. The highest BCUT2D eigenvalue weighted by Gasteiger charge is 2.10. The number of hydrogen-bond acceptors (Lipinski definition) is 3. The molecule has 2 aromatic heterocycles. The molecule has 0 aliphatic rings. The first-order chi connectivity index (χ1) is 7.75. The van der Waals surface area contributed by atoms with Crippen LogP contribution in [0.25, 0.3) is 0 Å². The summed E-state index contributed by atoms with van der Waals surface area (Å²) in [5.41, 5.74) is 0.753. The smallest absolute Gasteiger partial charge is 0.252 e. The van der Waals surface area contributed by atoms with Crippen molar-refractivity contribution in [3.8, 4) is 0 Å². The predicted molar refractivity (Wildman–Crippen MR) is 69.3 cm³/mol. The van der Waals surface area contributed by atoms with Crippen molar-refractivity contribution in [1.29, 1.82) is 0 Å². The number of nitrogens with one attached hydrogen (secondary N) is 1. The number of amides is 1. The summed E-state index contributed by atoms with van der Waals surface area (Å²) in [4.78, 5) is 13.0. The molecule has 0 radical (unpaired) electrons. The van der Waals surface area contributed by atoms with Gasteiger partial charge in [-0.1, -0.05) is 6.07 Å². The normalized spacial score (nSPS) is 12.3. The summed E-state index contributed by atoms with van der Waals surface area (Å²) in [5, 5.41) is 8.84. The first kappa shape index (κ1) is 11.4. The average molecular weight is 251 g/mol. The van der Waals surface area contributed by atoms with Crippen LogP contribution in [0.4, 0.5) is 0 Å². The molecule has 0 aliphatic heterocycles. The maximum Gasteiger partial charge on any atom is 0.252 e. The fourth-order valence-corrected chi connectivity index (χ4v) is 2.95. The van der Waals surface area contributed by atoms with Crippen molar-refractivity contribution in [3.05, 3.63) is 44.8 Å². The zero-order valence-corrected chi connectivity index (χ0v) is 10.6. The molecule has 0 bridgehead atoms. The van der Waals surface area contributed by atoms with Gasteiger partial charge in [0.2, 0.25) is 0 Å². The van der Waals surface area contributed by atoms with Crippen molar-refractivity contribution >= 4 is 28.6 Å². The van der Waals surface area contributed by atoms with Gasteiger partial charge in [-0.05, 0) is 29.8 Å². The highest BCUT2D eigenvalue weighted by atomic mass is 32.1. The van der Waals surface area contributed by atoms with Crippen LogP contribution >= 0.6 is 22.7 Å². The van der Waals surface area contributed by atoms with Crippen LogP contribution in [-0.4, -0.2) is 11.9 Å². The van der Waals surface area contributed by atoms with Crippen LogP contribution in [0.5, 0.6) is 0 Å². The molecule has 2 nitrogen and oxygen atoms in total. The van der Waals surface area contributed by atoms with E-state index < -0.39 is 0 Å². The van der Waals surface area contributed by atoms with Crippen LogP contribution in [0.3, 0.4) is 0 Å². The van der Waals surface area contributed by atoms with E-state index in [-0.39, 0.29) is 11.9 Å². The van der Waals surface area contributed by atoms with Crippen molar-refractivity contribution in [2.75, 3.05) is 0 Å². The van der Waals surface area contributed by atoms with Gasteiger partial charge in [0, 0.05) is 28.3 Å². The monoisotopic (exact) mass is 251 g/mol. The topological polar surface area (TPSA) is 29.1 Å². The fourth-order valence-electron chi connectivity index (χ4n) is 1.48. The molecular formula is C12H13NOS2. The SMILES string of the molecule is C[C@H](Cc1cccs1)NC(=O)c1ccsc1. The minimum atomic E-state index is 0.0188. The molecule has 0 aliphatic carbocycles. The molecule has 1 atom stereocenters. The maximum atomic E-state index is 11.7. The standard InChI is InChI=1S/C12H13NOS2/c1-9(7-11-3-2-5-16-11)13-12(14)10-4-6-15-8-10/h2-6,8-9H,7H2,1H3,(H,13,14)/t9-/m1/s1. The van der Waals surface area contributed by atoms with E-state index in [0.717, 1.165) is 12.0 Å². The average Bonchev–Trinajstić information content (AvgIpc) is 2.88. The van der Waals surface area contributed by atoms with E-state index in [1.54, 1.807) is 22.7 Å². The minimum absolute atomic E-state index is 0.0188. The second-order valence-corrected chi connectivity index (χ2v) is 5.48. The zero-order valence-electron chi connectivity index (χ0n) is 8.97. The van der Waals surface area contributed by atoms with E-state index in [1.165, 1.54) is 4.88 Å². The summed E-state index contributed by atoms with van der Waals surface area (Å²) in [6.45, 7) is 2.03. The zero-order chi connectivity index (χ0) is 11.4. The van der Waals surface area contributed by atoms with E-state index in [9.17, 15) is 4.79 Å². The molecule has 84 valence electrons. The molecule has 16 heavy (non-hydrogen) atoms. The molecule has 0 fully saturated rings. The molecule has 1 amide bonds. The number of thiophene rings is 2. The van der Waals surface area contributed by atoms with Gasteiger partial charge in [0.15, 0.2) is 0 Å². The molecule has 4 heteroatoms. The van der Waals surface area contributed by atoms with Gasteiger partial charge in [-0.15, -0.1) is 11.3 Å². The van der Waals surface area contributed by atoms with Crippen LogP contribution in [0.1, 0.15) is 22.2 Å². The van der Waals surface area contributed by atoms with Gasteiger partial charge >= 0.3 is 0 Å². The van der Waals surface area contributed by atoms with Crippen LogP contribution in [-0.2, 0) is 6.42 Å². The maximum absolute atomic E-state index is 11.7. The van der Waals surface area contributed by atoms with Crippen LogP contribution in [0.2, 0.25) is 0 Å². The van der Waals surface area contributed by atoms with E-state index in [4.69, 9.17) is 0 Å². The van der Waals surface area contributed by atoms with E-state index in [2.05, 4.69) is 16.8 Å². The van der Waals surface area contributed by atoms with Crippen LogP contribution in [0.15, 0.2) is 34.3 Å². The molecule has 0 saturated carbocycles. The number of carbonyl (C=O) groups is 1. The predicted octanol–water partition coefficient (Wildman–Crippen LogP) is 3.17. The lowest BCUT2D eigenvalue weighted by molar-refractivity contribution is 0.0940. The van der Waals surface area contributed by atoms with Gasteiger partial charge in [0.05, 0.1) is 0 Å². The van der Waals surface area contributed by atoms with Crippen molar-refractivity contribution in [1.82, 2.24) is 5.32 Å². The third-order valence-corrected chi connectivity index (χ3v) is 3.83. The molecule has 0 spiro atoms. The first-order valence-electron chi connectivity index (χ1n) is 5.11. The van der Waals surface area contributed by atoms with Gasteiger partial charge in [0.1, 0.15) is 0 Å². The summed E-state index contributed by atoms with van der Waals surface area (Å²) in [7, 11) is 0. The van der Waals surface area contributed by atoms with Gasteiger partial charge in [0.25, 0.3) is 5.91 Å². The Morgan fingerprint density at radius 3 is 2.94 bits per heavy atom. The Balaban J connectivity index is 1.88.